The highest BCUT2D eigenvalue weighted by Gasteiger charge is 2.38. The van der Waals surface area contributed by atoms with Gasteiger partial charge in [-0.25, -0.2) is 9.59 Å². The van der Waals surface area contributed by atoms with E-state index in [0.717, 1.165) is 33.4 Å². The molecule has 3 rings (SSSR count). The molecule has 0 radical (unpaired) electrons. The Morgan fingerprint density at radius 2 is 1.48 bits per heavy atom. The van der Waals surface area contributed by atoms with Crippen molar-refractivity contribution in [1.29, 1.82) is 0 Å². The van der Waals surface area contributed by atoms with Gasteiger partial charge in [0.1, 0.15) is 0 Å². The van der Waals surface area contributed by atoms with Gasteiger partial charge in [-0.3, -0.25) is 13.9 Å². The second kappa shape index (κ2) is 12.9. The number of carboxylic acids is 1. The highest BCUT2D eigenvalue weighted by molar-refractivity contribution is 5.97. The molecule has 0 saturated heterocycles. The fraction of sp³-hybridized carbons (Fsp3) is 0.400. The Kier molecular flexibility index (Phi) is 10.5. The number of hydrogen-bond acceptors (Lipinski definition) is 4. The van der Waals surface area contributed by atoms with Crippen molar-refractivity contribution in [3.05, 3.63) is 69.1 Å². The molecule has 0 fully saturated rings. The van der Waals surface area contributed by atoms with Crippen molar-refractivity contribution in [3.8, 4) is 0 Å². The first kappa shape index (κ1) is 34.2. The van der Waals surface area contributed by atoms with Crippen LogP contribution in [-0.2, 0) is 30.2 Å². The van der Waals surface area contributed by atoms with Gasteiger partial charge >= 0.3 is 30.2 Å². The second-order valence-electron chi connectivity index (χ2n) is 8.80. The van der Waals surface area contributed by atoms with Gasteiger partial charge in [-0.1, -0.05) is 26.0 Å². The van der Waals surface area contributed by atoms with Crippen molar-refractivity contribution < 1.29 is 54.2 Å². The maximum atomic E-state index is 14.0. The van der Waals surface area contributed by atoms with Crippen LogP contribution in [0.3, 0.4) is 0 Å². The van der Waals surface area contributed by atoms with Crippen LogP contribution in [0.2, 0.25) is 0 Å². The number of carbonyl (C=O) groups excluding carboxylic acids is 1. The van der Waals surface area contributed by atoms with E-state index in [9.17, 15) is 49.1 Å². The molecule has 2 aromatic carbocycles. The number of rotatable bonds is 8. The molecule has 0 unspecified atom stereocenters. The molecular formula is C25H25F9N4O4. The summed E-state index contributed by atoms with van der Waals surface area (Å²) in [4.78, 5) is 35.9. The largest absolute Gasteiger partial charge is 0.490 e. The predicted molar refractivity (Wildman–Crippen MR) is 132 cm³/mol. The van der Waals surface area contributed by atoms with Gasteiger partial charge in [0.15, 0.2) is 0 Å². The maximum Gasteiger partial charge on any atom is 0.490 e. The lowest BCUT2D eigenvalue weighted by Gasteiger charge is -2.18. The Morgan fingerprint density at radius 1 is 0.905 bits per heavy atom. The van der Waals surface area contributed by atoms with Crippen LogP contribution in [-0.4, -0.2) is 56.8 Å². The first-order valence-electron chi connectivity index (χ1n) is 12.0. The SMILES string of the molecule is CCN(CC)CCn1c(=O)n(Cc2cccc(C(F)(F)F)c2)c2c(C(F)(F)F)cc(C(N)=O)cc21.O=C(O)C(F)(F)F. The molecule has 3 aromatic rings. The minimum atomic E-state index is -5.08. The van der Waals surface area contributed by atoms with Gasteiger partial charge in [0.05, 0.1) is 28.7 Å². The van der Waals surface area contributed by atoms with E-state index in [2.05, 4.69) is 0 Å². The second-order valence-corrected chi connectivity index (χ2v) is 8.80. The summed E-state index contributed by atoms with van der Waals surface area (Å²) in [6.07, 6.45) is -14.7. The van der Waals surface area contributed by atoms with Gasteiger partial charge in [-0.2, -0.15) is 39.5 Å². The van der Waals surface area contributed by atoms with Crippen molar-refractivity contribution >= 4 is 22.9 Å². The first-order valence-corrected chi connectivity index (χ1v) is 12.0. The third-order valence-electron chi connectivity index (χ3n) is 6.07. The monoisotopic (exact) mass is 616 g/mol. The quantitative estimate of drug-likeness (QED) is 0.348. The molecule has 0 aliphatic carbocycles. The van der Waals surface area contributed by atoms with Crippen LogP contribution >= 0.6 is 0 Å². The third kappa shape index (κ3) is 8.27. The average Bonchev–Trinajstić information content (AvgIpc) is 3.13. The normalized spacial score (nSPS) is 12.4. The molecule has 42 heavy (non-hydrogen) atoms. The third-order valence-corrected chi connectivity index (χ3v) is 6.07. The smallest absolute Gasteiger partial charge is 0.475 e. The van der Waals surface area contributed by atoms with E-state index in [-0.39, 0.29) is 17.6 Å². The number of aromatic nitrogens is 2. The number of hydrogen-bond donors (Lipinski definition) is 2. The van der Waals surface area contributed by atoms with E-state index in [1.807, 2.05) is 18.7 Å². The van der Waals surface area contributed by atoms with E-state index in [4.69, 9.17) is 15.6 Å². The van der Waals surface area contributed by atoms with Gasteiger partial charge in [-0.15, -0.1) is 0 Å². The summed E-state index contributed by atoms with van der Waals surface area (Å²) in [5, 5.41) is 7.12. The van der Waals surface area contributed by atoms with Crippen molar-refractivity contribution in [2.75, 3.05) is 19.6 Å². The minimum absolute atomic E-state index is 0.00294. The number of carboxylic acid groups (broad SMARTS) is 1. The number of carbonyl (C=O) groups is 2. The van der Waals surface area contributed by atoms with E-state index in [1.54, 1.807) is 0 Å². The molecule has 0 aliphatic rings. The van der Waals surface area contributed by atoms with Gasteiger partial charge in [0.25, 0.3) is 0 Å². The number of nitrogens with zero attached hydrogens (tertiary/aromatic N) is 3. The summed E-state index contributed by atoms with van der Waals surface area (Å²) in [7, 11) is 0. The molecule has 0 spiro atoms. The molecule has 17 heteroatoms. The van der Waals surface area contributed by atoms with Crippen LogP contribution in [0.1, 0.15) is 40.9 Å². The number of fused-ring (bicyclic) bond motifs is 1. The standard InChI is InChI=1S/C23H24F6N4O2.C2HF3O2/c1-3-31(4-2)8-9-32-18-12-15(20(30)34)11-17(23(27,28)29)19(18)33(21(32)35)13-14-6-5-7-16(10-14)22(24,25)26;3-2(4,5)1(6)7/h5-7,10-12H,3-4,8-9,13H2,1-2H3,(H2,30,34);(H,6,7). The van der Waals surface area contributed by atoms with Crippen molar-refractivity contribution in [2.45, 2.75) is 45.5 Å². The Balaban J connectivity index is 0.000000782. The van der Waals surface area contributed by atoms with Crippen LogP contribution in [0.25, 0.3) is 11.0 Å². The number of halogens is 9. The Hall–Kier alpha value is -4.02. The fourth-order valence-corrected chi connectivity index (χ4v) is 3.98. The van der Waals surface area contributed by atoms with Gasteiger partial charge in [-0.05, 0) is 42.9 Å². The number of imidazole rings is 1. The maximum absolute atomic E-state index is 14.0. The minimum Gasteiger partial charge on any atom is -0.475 e. The lowest BCUT2D eigenvalue weighted by Crippen LogP contribution is -2.32. The van der Waals surface area contributed by atoms with Crippen LogP contribution in [0.5, 0.6) is 0 Å². The Bertz CT molecular complexity index is 1480. The van der Waals surface area contributed by atoms with Crippen LogP contribution in [0.15, 0.2) is 41.2 Å². The molecule has 3 N–H and O–H groups in total. The molecule has 0 aliphatic heterocycles. The summed E-state index contributed by atoms with van der Waals surface area (Å²) in [5.41, 5.74) is 1.02. The summed E-state index contributed by atoms with van der Waals surface area (Å²) in [5.74, 6) is -3.86. The Labute approximate surface area is 231 Å². The highest BCUT2D eigenvalue weighted by atomic mass is 19.4. The zero-order valence-electron chi connectivity index (χ0n) is 22.0. The van der Waals surface area contributed by atoms with Gasteiger partial charge in [0.2, 0.25) is 5.91 Å². The van der Waals surface area contributed by atoms with E-state index < -0.39 is 64.8 Å². The summed E-state index contributed by atoms with van der Waals surface area (Å²) in [6.45, 7) is 4.84. The van der Waals surface area contributed by atoms with Gasteiger partial charge in [0, 0.05) is 18.7 Å². The van der Waals surface area contributed by atoms with Crippen molar-refractivity contribution in [2.24, 2.45) is 5.73 Å². The predicted octanol–water partition coefficient (Wildman–Crippen LogP) is 4.96. The summed E-state index contributed by atoms with van der Waals surface area (Å²) >= 11 is 0. The average molecular weight is 616 g/mol. The number of amides is 1. The van der Waals surface area contributed by atoms with Crippen molar-refractivity contribution in [1.82, 2.24) is 14.0 Å². The number of aliphatic carboxylic acids is 1. The Morgan fingerprint density at radius 3 is 1.93 bits per heavy atom. The van der Waals surface area contributed by atoms with Gasteiger partial charge < -0.3 is 15.7 Å². The van der Waals surface area contributed by atoms with E-state index in [0.29, 0.717) is 25.7 Å². The number of likely N-dealkylation sites (N-methyl/N-ethyl adjacent to an activating group) is 1. The zero-order valence-corrected chi connectivity index (χ0v) is 22.0. The highest BCUT2D eigenvalue weighted by Crippen LogP contribution is 2.36. The molecular weight excluding hydrogens is 591 g/mol. The van der Waals surface area contributed by atoms with E-state index >= 15 is 0 Å². The molecule has 1 heterocycles. The number of primary amides is 1. The molecule has 1 amide bonds. The number of nitrogens with two attached hydrogens (primary N) is 1. The molecule has 0 bridgehead atoms. The molecule has 8 nitrogen and oxygen atoms in total. The lowest BCUT2D eigenvalue weighted by molar-refractivity contribution is -0.192. The molecule has 0 atom stereocenters. The zero-order chi connectivity index (χ0) is 32.2. The van der Waals surface area contributed by atoms with Crippen molar-refractivity contribution in [3.63, 3.8) is 0 Å². The summed E-state index contributed by atoms with van der Waals surface area (Å²) < 4.78 is 115. The van der Waals surface area contributed by atoms with Crippen LogP contribution in [0, 0.1) is 0 Å². The number of benzene rings is 2. The fourth-order valence-electron chi connectivity index (χ4n) is 3.98. The molecule has 0 saturated carbocycles. The number of alkyl halides is 9. The van der Waals surface area contributed by atoms with Crippen LogP contribution < -0.4 is 11.4 Å². The van der Waals surface area contributed by atoms with E-state index in [1.165, 1.54) is 6.07 Å². The summed E-state index contributed by atoms with van der Waals surface area (Å²) in [6, 6.07) is 5.71. The molecule has 1 aromatic heterocycles. The van der Waals surface area contributed by atoms with Crippen LogP contribution in [0.4, 0.5) is 39.5 Å². The topological polar surface area (TPSA) is 111 Å². The lowest BCUT2D eigenvalue weighted by atomic mass is 10.1. The first-order chi connectivity index (χ1) is 19.2. The molecule has 232 valence electrons.